The van der Waals surface area contributed by atoms with Gasteiger partial charge in [-0.3, -0.25) is 4.79 Å². The van der Waals surface area contributed by atoms with Gasteiger partial charge in [-0.2, -0.15) is 0 Å². The monoisotopic (exact) mass is 337 g/mol. The quantitative estimate of drug-likeness (QED) is 0.439. The zero-order valence-corrected chi connectivity index (χ0v) is 15.5. The topological polar surface area (TPSA) is 66.0 Å². The molecule has 0 aromatic heterocycles. The van der Waals surface area contributed by atoms with Gasteiger partial charge in [-0.25, -0.2) is 0 Å². The van der Waals surface area contributed by atoms with Crippen molar-refractivity contribution in [1.29, 1.82) is 0 Å². The highest BCUT2D eigenvalue weighted by Crippen LogP contribution is 1.88. The lowest BCUT2D eigenvalue weighted by Gasteiger charge is -2.08. The maximum atomic E-state index is 11.3. The van der Waals surface area contributed by atoms with Gasteiger partial charge in [0.1, 0.15) is 6.61 Å². The molecule has 23 heavy (non-hydrogen) atoms. The molecule has 0 aliphatic rings. The molecule has 0 fully saturated rings. The van der Waals surface area contributed by atoms with E-state index in [0.717, 1.165) is 25.9 Å². The van der Waals surface area contributed by atoms with Gasteiger partial charge in [-0.1, -0.05) is 34.1 Å². The number of carbonyl (C=O) groups is 1. The molecule has 0 spiro atoms. The minimum Gasteiger partial charge on any atom is -0.379 e. The molecule has 0 saturated carbocycles. The summed E-state index contributed by atoms with van der Waals surface area (Å²) in [6.45, 7) is 13.0. The molecule has 0 radical (unpaired) electrons. The van der Waals surface area contributed by atoms with Crippen molar-refractivity contribution < 1.29 is 25.2 Å². The second-order valence-electron chi connectivity index (χ2n) is 4.59. The first kappa shape index (κ1) is 24.6. The van der Waals surface area contributed by atoms with Gasteiger partial charge in [-0.05, 0) is 12.8 Å². The molecule has 0 heterocycles. The van der Waals surface area contributed by atoms with Crippen LogP contribution < -0.4 is 5.32 Å². The highest BCUT2D eigenvalue weighted by Gasteiger charge is 1.99. The molecule has 0 aromatic rings. The van der Waals surface area contributed by atoms with Crippen LogP contribution in [0.2, 0.25) is 0 Å². The average Bonchev–Trinajstić information content (AvgIpc) is 2.58. The van der Waals surface area contributed by atoms with E-state index in [1.54, 1.807) is 0 Å². The van der Waals surface area contributed by atoms with Crippen LogP contribution in [-0.4, -0.2) is 65.3 Å². The van der Waals surface area contributed by atoms with Gasteiger partial charge in [-0.15, -0.1) is 0 Å². The van der Waals surface area contributed by atoms with E-state index in [2.05, 4.69) is 12.2 Å². The standard InChI is InChI=1S/C15H31NO5.C2H6.H2/c1-3-5-8-18-10-12-20-13-11-19-9-6-16-15(17)14-21-7-4-2;1-2;/h3-14H2,1-2H3,(H,16,17);1-2H3;1H. The lowest BCUT2D eigenvalue weighted by Crippen LogP contribution is -2.31. The summed E-state index contributed by atoms with van der Waals surface area (Å²) in [6, 6.07) is 0. The Morgan fingerprint density at radius 2 is 1.35 bits per heavy atom. The number of hydrogen-bond acceptors (Lipinski definition) is 5. The van der Waals surface area contributed by atoms with Crippen molar-refractivity contribution in [2.45, 2.75) is 47.0 Å². The summed E-state index contributed by atoms with van der Waals surface area (Å²) in [5, 5.41) is 2.72. The Bertz CT molecular complexity index is 233. The lowest BCUT2D eigenvalue weighted by molar-refractivity contribution is -0.125. The van der Waals surface area contributed by atoms with E-state index in [0.29, 0.717) is 46.2 Å². The molecule has 0 aliphatic heterocycles. The first-order valence-corrected chi connectivity index (χ1v) is 8.88. The minimum atomic E-state index is -0.104. The number of ether oxygens (including phenoxy) is 4. The van der Waals surface area contributed by atoms with Crippen LogP contribution in [-0.2, 0) is 23.7 Å². The summed E-state index contributed by atoms with van der Waals surface area (Å²) >= 11 is 0. The molecular weight excluding hydrogens is 298 g/mol. The Morgan fingerprint density at radius 1 is 0.783 bits per heavy atom. The molecular formula is C17H39NO5. The molecule has 0 rings (SSSR count). The van der Waals surface area contributed by atoms with Crippen molar-refractivity contribution in [2.75, 3.05) is 59.4 Å². The van der Waals surface area contributed by atoms with E-state index in [9.17, 15) is 4.79 Å². The van der Waals surface area contributed by atoms with E-state index in [1.165, 1.54) is 0 Å². The van der Waals surface area contributed by atoms with Crippen molar-refractivity contribution in [1.82, 2.24) is 5.32 Å². The molecule has 142 valence electrons. The number of hydrogen-bond donors (Lipinski definition) is 1. The van der Waals surface area contributed by atoms with Crippen LogP contribution in [0.15, 0.2) is 0 Å². The summed E-state index contributed by atoms with van der Waals surface area (Å²) < 4.78 is 21.2. The van der Waals surface area contributed by atoms with Crippen LogP contribution in [0.5, 0.6) is 0 Å². The van der Waals surface area contributed by atoms with E-state index < -0.39 is 0 Å². The van der Waals surface area contributed by atoms with Crippen LogP contribution >= 0.6 is 0 Å². The summed E-state index contributed by atoms with van der Waals surface area (Å²) in [4.78, 5) is 11.3. The Hall–Kier alpha value is -0.690. The van der Waals surface area contributed by atoms with Gasteiger partial charge in [0, 0.05) is 21.2 Å². The highest BCUT2D eigenvalue weighted by molar-refractivity contribution is 5.77. The average molecular weight is 338 g/mol. The Morgan fingerprint density at radius 3 is 1.91 bits per heavy atom. The second kappa shape index (κ2) is 23.6. The van der Waals surface area contributed by atoms with Gasteiger partial charge in [0.05, 0.1) is 33.0 Å². The van der Waals surface area contributed by atoms with Gasteiger partial charge in [0.2, 0.25) is 5.91 Å². The highest BCUT2D eigenvalue weighted by atomic mass is 16.5. The zero-order chi connectivity index (χ0) is 17.6. The number of rotatable bonds is 16. The molecule has 6 nitrogen and oxygen atoms in total. The SMILES string of the molecule is CC.CCCCOCCOCCOCCNC(=O)COCCC.[HH]. The third-order valence-electron chi connectivity index (χ3n) is 2.54. The van der Waals surface area contributed by atoms with Crippen molar-refractivity contribution in [3.8, 4) is 0 Å². The minimum absolute atomic E-state index is 0. The first-order chi connectivity index (χ1) is 11.3. The molecule has 0 atom stereocenters. The Labute approximate surface area is 143 Å². The smallest absolute Gasteiger partial charge is 0.246 e. The maximum Gasteiger partial charge on any atom is 0.246 e. The zero-order valence-electron chi connectivity index (χ0n) is 15.5. The molecule has 0 aliphatic carbocycles. The molecule has 0 bridgehead atoms. The van der Waals surface area contributed by atoms with Crippen LogP contribution in [0, 0.1) is 0 Å². The van der Waals surface area contributed by atoms with E-state index in [1.807, 2.05) is 20.8 Å². The van der Waals surface area contributed by atoms with Crippen LogP contribution in [0.1, 0.15) is 48.4 Å². The maximum absolute atomic E-state index is 11.3. The Balaban J connectivity index is -0.00000141. The van der Waals surface area contributed by atoms with Crippen molar-refractivity contribution in [2.24, 2.45) is 0 Å². The largest absolute Gasteiger partial charge is 0.379 e. The normalized spacial score (nSPS) is 10.1. The van der Waals surface area contributed by atoms with Crippen molar-refractivity contribution >= 4 is 5.91 Å². The summed E-state index contributed by atoms with van der Waals surface area (Å²) in [7, 11) is 0. The van der Waals surface area contributed by atoms with Gasteiger partial charge >= 0.3 is 0 Å². The predicted octanol–water partition coefficient (Wildman–Crippen LogP) is 2.65. The summed E-state index contributed by atoms with van der Waals surface area (Å²) in [6.07, 6.45) is 3.16. The van der Waals surface area contributed by atoms with Gasteiger partial charge in [0.15, 0.2) is 0 Å². The molecule has 0 unspecified atom stereocenters. The predicted molar refractivity (Wildman–Crippen MR) is 94.9 cm³/mol. The fourth-order valence-electron chi connectivity index (χ4n) is 1.41. The number of carbonyl (C=O) groups excluding carboxylic acids is 1. The van der Waals surface area contributed by atoms with Crippen molar-refractivity contribution in [3.63, 3.8) is 0 Å². The summed E-state index contributed by atoms with van der Waals surface area (Å²) in [5.41, 5.74) is 0. The number of amides is 1. The third kappa shape index (κ3) is 23.7. The molecule has 0 saturated heterocycles. The van der Waals surface area contributed by atoms with Crippen LogP contribution in [0.3, 0.4) is 0 Å². The molecule has 1 amide bonds. The fraction of sp³-hybridized carbons (Fsp3) is 0.941. The first-order valence-electron chi connectivity index (χ1n) is 8.88. The molecule has 6 heteroatoms. The van der Waals surface area contributed by atoms with Gasteiger partial charge in [0.25, 0.3) is 0 Å². The Kier molecular flexibility index (Phi) is 25.2. The van der Waals surface area contributed by atoms with Crippen LogP contribution in [0.4, 0.5) is 0 Å². The molecule has 0 aromatic carbocycles. The summed E-state index contributed by atoms with van der Waals surface area (Å²) in [5.74, 6) is -0.104. The number of nitrogens with one attached hydrogen (secondary N) is 1. The number of unbranched alkanes of at least 4 members (excludes halogenated alkanes) is 1. The second-order valence-corrected chi connectivity index (χ2v) is 4.59. The fourth-order valence-corrected chi connectivity index (χ4v) is 1.41. The van der Waals surface area contributed by atoms with E-state index >= 15 is 0 Å². The molecule has 1 N–H and O–H groups in total. The lowest BCUT2D eigenvalue weighted by atomic mass is 10.4. The van der Waals surface area contributed by atoms with Crippen LogP contribution in [0.25, 0.3) is 0 Å². The van der Waals surface area contributed by atoms with E-state index in [4.69, 9.17) is 18.9 Å². The third-order valence-corrected chi connectivity index (χ3v) is 2.54. The van der Waals surface area contributed by atoms with Gasteiger partial charge < -0.3 is 24.3 Å². The van der Waals surface area contributed by atoms with E-state index in [-0.39, 0.29) is 13.9 Å². The van der Waals surface area contributed by atoms with Crippen molar-refractivity contribution in [3.05, 3.63) is 0 Å².